The normalized spacial score (nSPS) is 12.1. The zero-order chi connectivity index (χ0) is 15.6. The van der Waals surface area contributed by atoms with Crippen LogP contribution in [-0.4, -0.2) is 10.1 Å². The molecule has 0 aromatic heterocycles. The molecule has 2 rings (SSSR count). The highest BCUT2D eigenvalue weighted by atomic mass is 35.5. The Balaban J connectivity index is 2.33. The van der Waals surface area contributed by atoms with Crippen LogP contribution in [0, 0.1) is 5.82 Å². The lowest BCUT2D eigenvalue weighted by atomic mass is 10.1. The van der Waals surface area contributed by atoms with Crippen molar-refractivity contribution in [2.24, 2.45) is 5.73 Å². The standard InChI is InChI=1S/C14H12ClFN2O2S/c15-11-3-2-10(17)6-13(11)21(20)7-9-5-8(14(18)19)1-4-12(9)16/h1-6H,7,17H2,(H2,18,19). The van der Waals surface area contributed by atoms with Gasteiger partial charge < -0.3 is 11.5 Å². The second-order valence-electron chi connectivity index (χ2n) is 4.35. The van der Waals surface area contributed by atoms with Crippen LogP contribution < -0.4 is 11.5 Å². The Morgan fingerprint density at radius 2 is 1.95 bits per heavy atom. The first-order valence-corrected chi connectivity index (χ1v) is 7.60. The Kier molecular flexibility index (Phi) is 4.59. The van der Waals surface area contributed by atoms with Crippen molar-refractivity contribution in [2.45, 2.75) is 10.6 Å². The summed E-state index contributed by atoms with van der Waals surface area (Å²) in [5.41, 5.74) is 11.5. The fourth-order valence-electron chi connectivity index (χ4n) is 1.75. The molecule has 1 amide bonds. The number of primary amides is 1. The van der Waals surface area contributed by atoms with Gasteiger partial charge >= 0.3 is 0 Å². The van der Waals surface area contributed by atoms with E-state index < -0.39 is 22.5 Å². The van der Waals surface area contributed by atoms with Crippen molar-refractivity contribution < 1.29 is 13.4 Å². The maximum absolute atomic E-state index is 13.7. The Morgan fingerprint density at radius 3 is 2.62 bits per heavy atom. The Bertz CT molecular complexity index is 737. The fourth-order valence-corrected chi connectivity index (χ4v) is 3.34. The first-order valence-electron chi connectivity index (χ1n) is 5.90. The molecule has 1 atom stereocenters. The molecule has 21 heavy (non-hydrogen) atoms. The van der Waals surface area contributed by atoms with Gasteiger partial charge in [-0.1, -0.05) is 11.6 Å². The fraction of sp³-hybridized carbons (Fsp3) is 0.0714. The molecule has 0 saturated carbocycles. The van der Waals surface area contributed by atoms with Crippen LogP contribution >= 0.6 is 11.6 Å². The van der Waals surface area contributed by atoms with Crippen LogP contribution in [-0.2, 0) is 16.6 Å². The Hall–Kier alpha value is -1.92. The zero-order valence-electron chi connectivity index (χ0n) is 10.8. The summed E-state index contributed by atoms with van der Waals surface area (Å²) in [7, 11) is -1.59. The summed E-state index contributed by atoms with van der Waals surface area (Å²) >= 11 is 5.96. The summed E-state index contributed by atoms with van der Waals surface area (Å²) in [6.07, 6.45) is 0. The van der Waals surface area contributed by atoms with Gasteiger partial charge in [-0.15, -0.1) is 0 Å². The highest BCUT2D eigenvalue weighted by Crippen LogP contribution is 2.25. The van der Waals surface area contributed by atoms with Crippen molar-refractivity contribution in [3.63, 3.8) is 0 Å². The minimum Gasteiger partial charge on any atom is -0.399 e. The summed E-state index contributed by atoms with van der Waals surface area (Å²) in [5, 5.41) is 0.286. The molecular weight excluding hydrogens is 315 g/mol. The lowest BCUT2D eigenvalue weighted by Gasteiger charge is -2.08. The van der Waals surface area contributed by atoms with Gasteiger partial charge in [-0.25, -0.2) is 4.39 Å². The molecule has 0 spiro atoms. The van der Waals surface area contributed by atoms with E-state index in [0.29, 0.717) is 10.6 Å². The quantitative estimate of drug-likeness (QED) is 0.846. The van der Waals surface area contributed by atoms with Crippen molar-refractivity contribution >= 4 is 34.0 Å². The smallest absolute Gasteiger partial charge is 0.248 e. The van der Waals surface area contributed by atoms with Crippen LogP contribution in [0.3, 0.4) is 0 Å². The van der Waals surface area contributed by atoms with Gasteiger partial charge in [0, 0.05) is 16.8 Å². The van der Waals surface area contributed by atoms with Crippen molar-refractivity contribution in [3.8, 4) is 0 Å². The topological polar surface area (TPSA) is 86.2 Å². The molecule has 0 aliphatic heterocycles. The van der Waals surface area contributed by atoms with Gasteiger partial charge in [0.2, 0.25) is 5.91 Å². The number of hydrogen-bond acceptors (Lipinski definition) is 3. The van der Waals surface area contributed by atoms with Crippen molar-refractivity contribution in [2.75, 3.05) is 5.73 Å². The molecule has 110 valence electrons. The van der Waals surface area contributed by atoms with Gasteiger partial charge in [-0.05, 0) is 36.4 Å². The van der Waals surface area contributed by atoms with Crippen LogP contribution in [0.15, 0.2) is 41.3 Å². The number of carbonyl (C=O) groups excluding carboxylic acids is 1. The number of benzene rings is 2. The largest absolute Gasteiger partial charge is 0.399 e. The van der Waals surface area contributed by atoms with Gasteiger partial charge in [0.25, 0.3) is 0 Å². The van der Waals surface area contributed by atoms with Gasteiger partial charge in [0.15, 0.2) is 0 Å². The molecule has 0 fully saturated rings. The Labute approximate surface area is 128 Å². The SMILES string of the molecule is NC(=O)c1ccc(F)c(CS(=O)c2cc(N)ccc2Cl)c1. The maximum Gasteiger partial charge on any atom is 0.248 e. The van der Waals surface area contributed by atoms with Gasteiger partial charge in [-0.3, -0.25) is 9.00 Å². The van der Waals surface area contributed by atoms with E-state index in [1.807, 2.05) is 0 Å². The van der Waals surface area contributed by atoms with E-state index in [-0.39, 0.29) is 21.9 Å². The molecule has 1 unspecified atom stereocenters. The summed E-state index contributed by atoms with van der Waals surface area (Å²) in [4.78, 5) is 11.4. The molecule has 0 radical (unpaired) electrons. The highest BCUT2D eigenvalue weighted by Gasteiger charge is 2.14. The van der Waals surface area contributed by atoms with Gasteiger partial charge in [0.05, 0.1) is 26.5 Å². The lowest BCUT2D eigenvalue weighted by Crippen LogP contribution is -2.12. The molecule has 0 heterocycles. The number of hydrogen-bond donors (Lipinski definition) is 2. The first kappa shape index (κ1) is 15.5. The molecule has 2 aromatic carbocycles. The van der Waals surface area contributed by atoms with Crippen LogP contribution in [0.25, 0.3) is 0 Å². The minimum atomic E-state index is -1.59. The molecular formula is C14H12ClFN2O2S. The molecule has 7 heteroatoms. The monoisotopic (exact) mass is 326 g/mol. The van der Waals surface area contributed by atoms with Crippen LogP contribution in [0.2, 0.25) is 5.02 Å². The predicted octanol–water partition coefficient (Wildman–Crippen LogP) is 2.47. The second kappa shape index (κ2) is 6.24. The van der Waals surface area contributed by atoms with Gasteiger partial charge in [-0.2, -0.15) is 0 Å². The van der Waals surface area contributed by atoms with E-state index in [4.69, 9.17) is 23.1 Å². The second-order valence-corrected chi connectivity index (χ2v) is 6.18. The first-order chi connectivity index (χ1) is 9.88. The van der Waals surface area contributed by atoms with Crippen molar-refractivity contribution in [3.05, 3.63) is 58.4 Å². The van der Waals surface area contributed by atoms with Crippen LogP contribution in [0.4, 0.5) is 10.1 Å². The van der Waals surface area contributed by atoms with Crippen LogP contribution in [0.1, 0.15) is 15.9 Å². The van der Waals surface area contributed by atoms with E-state index in [1.54, 1.807) is 6.07 Å². The number of nitrogen functional groups attached to an aromatic ring is 1. The average Bonchev–Trinajstić information content (AvgIpc) is 2.43. The third-order valence-electron chi connectivity index (χ3n) is 2.82. The number of amides is 1. The zero-order valence-corrected chi connectivity index (χ0v) is 12.4. The van der Waals surface area contributed by atoms with E-state index in [9.17, 15) is 13.4 Å². The molecule has 0 bridgehead atoms. The predicted molar refractivity (Wildman–Crippen MR) is 80.9 cm³/mol. The molecule has 0 aliphatic carbocycles. The lowest BCUT2D eigenvalue weighted by molar-refractivity contribution is 0.1000. The summed E-state index contributed by atoms with van der Waals surface area (Å²) in [6.45, 7) is 0. The molecule has 2 aromatic rings. The van der Waals surface area contributed by atoms with Crippen molar-refractivity contribution in [1.29, 1.82) is 0 Å². The summed E-state index contributed by atoms with van der Waals surface area (Å²) < 4.78 is 26.1. The molecule has 4 N–H and O–H groups in total. The van der Waals surface area contributed by atoms with Crippen LogP contribution in [0.5, 0.6) is 0 Å². The number of carbonyl (C=O) groups is 1. The average molecular weight is 327 g/mol. The molecule has 4 nitrogen and oxygen atoms in total. The highest BCUT2D eigenvalue weighted by molar-refractivity contribution is 7.84. The van der Waals surface area contributed by atoms with E-state index in [1.165, 1.54) is 24.3 Å². The summed E-state index contributed by atoms with van der Waals surface area (Å²) in [5.74, 6) is -1.37. The van der Waals surface area contributed by atoms with Gasteiger partial charge in [0.1, 0.15) is 5.82 Å². The maximum atomic E-state index is 13.7. The number of rotatable bonds is 4. The van der Waals surface area contributed by atoms with E-state index in [0.717, 1.165) is 6.07 Å². The third kappa shape index (κ3) is 3.59. The van der Waals surface area contributed by atoms with E-state index >= 15 is 0 Å². The summed E-state index contributed by atoms with van der Waals surface area (Å²) in [6, 6.07) is 8.27. The van der Waals surface area contributed by atoms with E-state index in [2.05, 4.69) is 0 Å². The Morgan fingerprint density at radius 1 is 1.24 bits per heavy atom. The third-order valence-corrected chi connectivity index (χ3v) is 4.66. The minimum absolute atomic E-state index is 0.128. The molecule has 0 aliphatic rings. The van der Waals surface area contributed by atoms with Crippen molar-refractivity contribution in [1.82, 2.24) is 0 Å². The number of halogens is 2. The molecule has 0 saturated heterocycles. The number of nitrogens with two attached hydrogens (primary N) is 2. The number of anilines is 1.